The minimum atomic E-state index is -0.135. The third-order valence-electron chi connectivity index (χ3n) is 5.52. The molecule has 4 rings (SSSR count). The van der Waals surface area contributed by atoms with Gasteiger partial charge in [-0.1, -0.05) is 12.1 Å². The van der Waals surface area contributed by atoms with Crippen molar-refractivity contribution in [2.45, 2.75) is 20.4 Å². The van der Waals surface area contributed by atoms with Crippen LogP contribution >= 0.6 is 0 Å². The summed E-state index contributed by atoms with van der Waals surface area (Å²) in [5, 5.41) is 3.02. The molecule has 1 amide bonds. The Morgan fingerprint density at radius 2 is 1.69 bits per heavy atom. The summed E-state index contributed by atoms with van der Waals surface area (Å²) in [6.07, 6.45) is 0. The van der Waals surface area contributed by atoms with E-state index in [-0.39, 0.29) is 5.91 Å². The number of nitrogens with zero attached hydrogens (tertiary/aromatic N) is 4. The highest BCUT2D eigenvalue weighted by Gasteiger charge is 2.14. The van der Waals surface area contributed by atoms with Crippen molar-refractivity contribution >= 4 is 22.6 Å². The number of amides is 1. The summed E-state index contributed by atoms with van der Waals surface area (Å²) in [4.78, 5) is 26.7. The van der Waals surface area contributed by atoms with Crippen molar-refractivity contribution in [3.63, 3.8) is 0 Å². The van der Waals surface area contributed by atoms with Gasteiger partial charge in [0, 0.05) is 44.0 Å². The first-order valence-electron chi connectivity index (χ1n) is 10.0. The van der Waals surface area contributed by atoms with Gasteiger partial charge < -0.3 is 10.2 Å². The molecule has 0 aliphatic carbocycles. The van der Waals surface area contributed by atoms with E-state index in [9.17, 15) is 4.79 Å². The summed E-state index contributed by atoms with van der Waals surface area (Å²) >= 11 is 0. The van der Waals surface area contributed by atoms with Crippen LogP contribution in [0.4, 0.5) is 5.69 Å². The van der Waals surface area contributed by atoms with Gasteiger partial charge in [-0.2, -0.15) is 0 Å². The maximum Gasteiger partial charge on any atom is 0.255 e. The van der Waals surface area contributed by atoms with Crippen LogP contribution in [0.5, 0.6) is 0 Å². The number of aromatic nitrogens is 2. The first-order valence-corrected chi connectivity index (χ1v) is 10.0. The lowest BCUT2D eigenvalue weighted by Gasteiger charge is -2.32. The highest BCUT2D eigenvalue weighted by molar-refractivity contribution is 6.05. The van der Waals surface area contributed by atoms with Gasteiger partial charge in [0.15, 0.2) is 0 Å². The first-order chi connectivity index (χ1) is 14.0. The molecule has 0 saturated carbocycles. The monoisotopic (exact) mass is 389 g/mol. The Labute approximate surface area is 171 Å². The Kier molecular flexibility index (Phi) is 5.56. The number of piperazine rings is 1. The van der Waals surface area contributed by atoms with Gasteiger partial charge in [0.1, 0.15) is 0 Å². The average molecular weight is 390 g/mol. The average Bonchev–Trinajstić information content (AvgIpc) is 2.70. The fourth-order valence-electron chi connectivity index (χ4n) is 3.59. The number of likely N-dealkylation sites (N-methyl/N-ethyl adjacent to an activating group) is 1. The first kappa shape index (κ1) is 19.5. The standard InChI is InChI=1S/C23H27N5O/c1-16-17(2)25-22-14-19(7-8-21(22)24-16)23(29)26-20-6-4-5-18(13-20)15-28-11-9-27(3)10-12-28/h4-8,13-14H,9-12,15H2,1-3H3,(H,26,29). The molecule has 6 nitrogen and oxygen atoms in total. The zero-order valence-electron chi connectivity index (χ0n) is 17.3. The minimum Gasteiger partial charge on any atom is -0.322 e. The van der Waals surface area contributed by atoms with Crippen LogP contribution in [0.2, 0.25) is 0 Å². The number of fused-ring (bicyclic) bond motifs is 1. The number of nitrogens with one attached hydrogen (secondary N) is 1. The molecule has 3 aromatic rings. The van der Waals surface area contributed by atoms with E-state index >= 15 is 0 Å². The zero-order chi connectivity index (χ0) is 20.4. The van der Waals surface area contributed by atoms with E-state index in [2.05, 4.69) is 44.3 Å². The van der Waals surface area contributed by atoms with Crippen LogP contribution in [0.1, 0.15) is 27.3 Å². The number of rotatable bonds is 4. The van der Waals surface area contributed by atoms with Gasteiger partial charge in [-0.05, 0) is 56.8 Å². The molecule has 1 aromatic heterocycles. The molecule has 1 aliphatic rings. The van der Waals surface area contributed by atoms with E-state index in [0.717, 1.165) is 60.8 Å². The van der Waals surface area contributed by atoms with Gasteiger partial charge in [-0.15, -0.1) is 0 Å². The second-order valence-corrected chi connectivity index (χ2v) is 7.83. The molecular weight excluding hydrogens is 362 g/mol. The van der Waals surface area contributed by atoms with E-state index in [1.165, 1.54) is 5.56 Å². The molecule has 29 heavy (non-hydrogen) atoms. The highest BCUT2D eigenvalue weighted by atomic mass is 16.1. The molecule has 150 valence electrons. The SMILES string of the molecule is Cc1nc2ccc(C(=O)Nc3cccc(CN4CCN(C)CC4)c3)cc2nc1C. The number of aryl methyl sites for hydroxylation is 2. The van der Waals surface area contributed by atoms with Gasteiger partial charge in [0.25, 0.3) is 5.91 Å². The van der Waals surface area contributed by atoms with Crippen LogP contribution in [0.25, 0.3) is 11.0 Å². The van der Waals surface area contributed by atoms with Crippen molar-refractivity contribution < 1.29 is 4.79 Å². The number of carbonyl (C=O) groups excluding carboxylic acids is 1. The van der Waals surface area contributed by atoms with Crippen molar-refractivity contribution in [1.82, 2.24) is 19.8 Å². The Hall–Kier alpha value is -2.83. The van der Waals surface area contributed by atoms with Crippen LogP contribution in [-0.2, 0) is 6.54 Å². The van der Waals surface area contributed by atoms with Gasteiger partial charge in [0.2, 0.25) is 0 Å². The summed E-state index contributed by atoms with van der Waals surface area (Å²) in [5.41, 5.74) is 5.94. The fraction of sp³-hybridized carbons (Fsp3) is 0.348. The predicted octanol–water partition coefficient (Wildman–Crippen LogP) is 3.25. The summed E-state index contributed by atoms with van der Waals surface area (Å²) < 4.78 is 0. The Bertz CT molecular complexity index is 1040. The third-order valence-corrected chi connectivity index (χ3v) is 5.52. The van der Waals surface area contributed by atoms with Gasteiger partial charge in [-0.25, -0.2) is 9.97 Å². The molecule has 1 fully saturated rings. The molecule has 1 saturated heterocycles. The number of carbonyl (C=O) groups is 1. The predicted molar refractivity (Wildman–Crippen MR) is 116 cm³/mol. The summed E-state index contributed by atoms with van der Waals surface area (Å²) in [6, 6.07) is 13.6. The van der Waals surface area contributed by atoms with E-state index in [4.69, 9.17) is 0 Å². The van der Waals surface area contributed by atoms with Crippen molar-refractivity contribution in [2.75, 3.05) is 38.5 Å². The highest BCUT2D eigenvalue weighted by Crippen LogP contribution is 2.18. The molecule has 2 heterocycles. The molecule has 1 N–H and O–H groups in total. The van der Waals surface area contributed by atoms with Gasteiger partial charge >= 0.3 is 0 Å². The summed E-state index contributed by atoms with van der Waals surface area (Å²) in [7, 11) is 2.16. The van der Waals surface area contributed by atoms with Crippen molar-refractivity contribution in [3.05, 3.63) is 65.0 Å². The Balaban J connectivity index is 1.47. The lowest BCUT2D eigenvalue weighted by molar-refractivity contribution is 0.102. The minimum absolute atomic E-state index is 0.135. The van der Waals surface area contributed by atoms with Crippen LogP contribution in [0.15, 0.2) is 42.5 Å². The molecular formula is C23H27N5O. The summed E-state index contributed by atoms with van der Waals surface area (Å²) in [6.45, 7) is 9.12. The van der Waals surface area contributed by atoms with Crippen LogP contribution in [0.3, 0.4) is 0 Å². The molecule has 6 heteroatoms. The van der Waals surface area contributed by atoms with Gasteiger partial charge in [0.05, 0.1) is 22.4 Å². The van der Waals surface area contributed by atoms with E-state index in [1.807, 2.05) is 32.0 Å². The maximum absolute atomic E-state index is 12.8. The lowest BCUT2D eigenvalue weighted by Crippen LogP contribution is -2.43. The van der Waals surface area contributed by atoms with Crippen molar-refractivity contribution in [3.8, 4) is 0 Å². The molecule has 0 radical (unpaired) electrons. The van der Waals surface area contributed by atoms with Crippen molar-refractivity contribution in [1.29, 1.82) is 0 Å². The molecule has 0 atom stereocenters. The molecule has 0 bridgehead atoms. The van der Waals surface area contributed by atoms with E-state index in [0.29, 0.717) is 5.56 Å². The van der Waals surface area contributed by atoms with Crippen molar-refractivity contribution in [2.24, 2.45) is 0 Å². The Morgan fingerprint density at radius 1 is 0.966 bits per heavy atom. The number of hydrogen-bond donors (Lipinski definition) is 1. The Morgan fingerprint density at radius 3 is 2.45 bits per heavy atom. The van der Waals surface area contributed by atoms with E-state index in [1.54, 1.807) is 12.1 Å². The topological polar surface area (TPSA) is 61.4 Å². The maximum atomic E-state index is 12.8. The number of benzene rings is 2. The molecule has 0 spiro atoms. The molecule has 2 aromatic carbocycles. The third kappa shape index (κ3) is 4.60. The largest absolute Gasteiger partial charge is 0.322 e. The van der Waals surface area contributed by atoms with Crippen LogP contribution < -0.4 is 5.32 Å². The quantitative estimate of drug-likeness (QED) is 0.742. The fourth-order valence-corrected chi connectivity index (χ4v) is 3.59. The number of hydrogen-bond acceptors (Lipinski definition) is 5. The summed E-state index contributed by atoms with van der Waals surface area (Å²) in [5.74, 6) is -0.135. The van der Waals surface area contributed by atoms with E-state index < -0.39 is 0 Å². The number of anilines is 1. The normalized spacial score (nSPS) is 15.6. The van der Waals surface area contributed by atoms with Crippen LogP contribution in [0, 0.1) is 13.8 Å². The van der Waals surface area contributed by atoms with Crippen LogP contribution in [-0.4, -0.2) is 58.9 Å². The molecule has 0 unspecified atom stereocenters. The zero-order valence-corrected chi connectivity index (χ0v) is 17.3. The van der Waals surface area contributed by atoms with Gasteiger partial charge in [-0.3, -0.25) is 9.69 Å². The smallest absolute Gasteiger partial charge is 0.255 e. The lowest BCUT2D eigenvalue weighted by atomic mass is 10.1. The second-order valence-electron chi connectivity index (χ2n) is 7.83. The molecule has 1 aliphatic heterocycles. The second kappa shape index (κ2) is 8.27.